The number of aryl methyl sites for hydroxylation is 1. The van der Waals surface area contributed by atoms with Crippen LogP contribution in [0, 0.1) is 5.92 Å². The van der Waals surface area contributed by atoms with E-state index in [0.29, 0.717) is 12.5 Å². The number of aromatic nitrogens is 2. The third-order valence-corrected chi connectivity index (χ3v) is 3.47. The van der Waals surface area contributed by atoms with Crippen molar-refractivity contribution in [2.24, 2.45) is 5.92 Å². The second kappa shape index (κ2) is 3.89. The standard InChI is InChI=1S/C12H14F2N2O/c13-12(14)4-8(5-12)6-17-11-9-2-1-3-10(9)15-7-16-11/h7-8H,1-6H2. The summed E-state index contributed by atoms with van der Waals surface area (Å²) in [6, 6.07) is 0. The molecule has 92 valence electrons. The number of rotatable bonds is 3. The van der Waals surface area contributed by atoms with E-state index in [1.54, 1.807) is 0 Å². The lowest BCUT2D eigenvalue weighted by Gasteiger charge is -2.34. The number of fused-ring (bicyclic) bond motifs is 1. The van der Waals surface area contributed by atoms with Gasteiger partial charge in [-0.2, -0.15) is 0 Å². The molecule has 0 amide bonds. The Hall–Kier alpha value is -1.26. The van der Waals surface area contributed by atoms with E-state index in [9.17, 15) is 8.78 Å². The van der Waals surface area contributed by atoms with Gasteiger partial charge < -0.3 is 4.74 Å². The van der Waals surface area contributed by atoms with Gasteiger partial charge in [0.1, 0.15) is 6.33 Å². The molecule has 1 heterocycles. The van der Waals surface area contributed by atoms with Crippen molar-refractivity contribution in [1.82, 2.24) is 9.97 Å². The van der Waals surface area contributed by atoms with Crippen LogP contribution in [-0.2, 0) is 12.8 Å². The predicted molar refractivity (Wildman–Crippen MR) is 57.2 cm³/mol. The molecule has 1 aromatic heterocycles. The second-order valence-electron chi connectivity index (χ2n) is 4.90. The van der Waals surface area contributed by atoms with Gasteiger partial charge in [-0.15, -0.1) is 0 Å². The minimum absolute atomic E-state index is 0.0305. The minimum Gasteiger partial charge on any atom is -0.477 e. The summed E-state index contributed by atoms with van der Waals surface area (Å²) in [6.07, 6.45) is 4.36. The zero-order valence-corrected chi connectivity index (χ0v) is 9.46. The summed E-state index contributed by atoms with van der Waals surface area (Å²) in [6.45, 7) is 0.346. The maximum atomic E-state index is 12.7. The number of halogens is 2. The zero-order valence-electron chi connectivity index (χ0n) is 9.46. The van der Waals surface area contributed by atoms with Crippen LogP contribution in [0.5, 0.6) is 5.88 Å². The molecule has 3 nitrogen and oxygen atoms in total. The molecule has 0 bridgehead atoms. The van der Waals surface area contributed by atoms with Crippen LogP contribution < -0.4 is 4.74 Å². The van der Waals surface area contributed by atoms with E-state index in [1.165, 1.54) is 6.33 Å². The summed E-state index contributed by atoms with van der Waals surface area (Å²) in [5.74, 6) is -1.90. The van der Waals surface area contributed by atoms with Crippen molar-refractivity contribution in [1.29, 1.82) is 0 Å². The predicted octanol–water partition coefficient (Wildman–Crippen LogP) is 2.39. The van der Waals surface area contributed by atoms with Gasteiger partial charge >= 0.3 is 0 Å². The number of hydrogen-bond acceptors (Lipinski definition) is 3. The first-order valence-electron chi connectivity index (χ1n) is 5.97. The summed E-state index contributed by atoms with van der Waals surface area (Å²) in [5.41, 5.74) is 2.12. The van der Waals surface area contributed by atoms with Gasteiger partial charge in [-0.3, -0.25) is 0 Å². The lowest BCUT2D eigenvalue weighted by atomic mass is 9.82. The average Bonchev–Trinajstić information content (AvgIpc) is 2.71. The van der Waals surface area contributed by atoms with Gasteiger partial charge in [0.25, 0.3) is 0 Å². The van der Waals surface area contributed by atoms with Gasteiger partial charge in [0.2, 0.25) is 11.8 Å². The third-order valence-electron chi connectivity index (χ3n) is 3.47. The Kier molecular flexibility index (Phi) is 2.49. The molecule has 17 heavy (non-hydrogen) atoms. The average molecular weight is 240 g/mol. The number of ether oxygens (including phenoxy) is 1. The molecule has 3 rings (SSSR count). The van der Waals surface area contributed by atoms with Crippen LogP contribution in [0.1, 0.15) is 30.5 Å². The highest BCUT2D eigenvalue weighted by Crippen LogP contribution is 2.42. The van der Waals surface area contributed by atoms with Crippen LogP contribution in [0.4, 0.5) is 8.78 Å². The second-order valence-corrected chi connectivity index (χ2v) is 4.90. The van der Waals surface area contributed by atoms with E-state index < -0.39 is 5.92 Å². The third kappa shape index (κ3) is 2.10. The molecule has 0 spiro atoms. The Morgan fingerprint density at radius 2 is 2.12 bits per heavy atom. The molecule has 0 radical (unpaired) electrons. The van der Waals surface area contributed by atoms with Crippen LogP contribution in [-0.4, -0.2) is 22.5 Å². The Balaban J connectivity index is 1.61. The Labute approximate surface area is 98.2 Å². The van der Waals surface area contributed by atoms with E-state index in [2.05, 4.69) is 9.97 Å². The van der Waals surface area contributed by atoms with Crippen LogP contribution >= 0.6 is 0 Å². The molecule has 0 saturated heterocycles. The number of nitrogens with zero attached hydrogens (tertiary/aromatic N) is 2. The molecule has 1 fully saturated rings. The maximum Gasteiger partial charge on any atom is 0.248 e. The fourth-order valence-corrected chi connectivity index (χ4v) is 2.55. The van der Waals surface area contributed by atoms with Gasteiger partial charge in [-0.1, -0.05) is 0 Å². The lowest BCUT2D eigenvalue weighted by Crippen LogP contribution is -2.38. The summed E-state index contributed by atoms with van der Waals surface area (Å²) < 4.78 is 30.9. The fourth-order valence-electron chi connectivity index (χ4n) is 2.55. The maximum absolute atomic E-state index is 12.7. The molecule has 0 atom stereocenters. The quantitative estimate of drug-likeness (QED) is 0.813. The monoisotopic (exact) mass is 240 g/mol. The lowest BCUT2D eigenvalue weighted by molar-refractivity contribution is -0.119. The molecule has 1 aromatic rings. The highest BCUT2D eigenvalue weighted by molar-refractivity contribution is 5.33. The fraction of sp³-hybridized carbons (Fsp3) is 0.667. The molecule has 1 saturated carbocycles. The Morgan fingerprint density at radius 3 is 2.88 bits per heavy atom. The molecule has 0 aromatic carbocycles. The molecule has 0 N–H and O–H groups in total. The minimum atomic E-state index is -2.47. The molecule has 2 aliphatic carbocycles. The van der Waals surface area contributed by atoms with Crippen molar-refractivity contribution in [3.05, 3.63) is 17.6 Å². The topological polar surface area (TPSA) is 35.0 Å². The SMILES string of the molecule is FC1(F)CC(COc2ncnc3c2CCC3)C1. The van der Waals surface area contributed by atoms with Crippen LogP contribution in [0.15, 0.2) is 6.33 Å². The zero-order chi connectivity index (χ0) is 11.9. The van der Waals surface area contributed by atoms with E-state index in [4.69, 9.17) is 4.74 Å². The molecule has 0 aliphatic heterocycles. The Bertz CT molecular complexity index is 429. The van der Waals surface area contributed by atoms with Gasteiger partial charge in [0, 0.05) is 24.3 Å². The van der Waals surface area contributed by atoms with Crippen molar-refractivity contribution < 1.29 is 13.5 Å². The normalized spacial score (nSPS) is 22.0. The molecular formula is C12H14F2N2O. The molecule has 5 heteroatoms. The molecule has 2 aliphatic rings. The first kappa shape index (κ1) is 10.9. The van der Waals surface area contributed by atoms with E-state index in [1.807, 2.05) is 0 Å². The van der Waals surface area contributed by atoms with E-state index >= 15 is 0 Å². The largest absolute Gasteiger partial charge is 0.477 e. The van der Waals surface area contributed by atoms with Gasteiger partial charge in [-0.25, -0.2) is 18.7 Å². The van der Waals surface area contributed by atoms with Crippen LogP contribution in [0.25, 0.3) is 0 Å². The highest BCUT2D eigenvalue weighted by Gasteiger charge is 2.45. The molecule has 0 unspecified atom stereocenters. The smallest absolute Gasteiger partial charge is 0.248 e. The van der Waals surface area contributed by atoms with Crippen molar-refractivity contribution in [2.75, 3.05) is 6.61 Å². The van der Waals surface area contributed by atoms with Crippen molar-refractivity contribution in [3.8, 4) is 5.88 Å². The van der Waals surface area contributed by atoms with Crippen molar-refractivity contribution in [2.45, 2.75) is 38.0 Å². The number of hydrogen-bond donors (Lipinski definition) is 0. The number of alkyl halides is 2. The van der Waals surface area contributed by atoms with E-state index in [-0.39, 0.29) is 18.8 Å². The Morgan fingerprint density at radius 1 is 1.29 bits per heavy atom. The summed E-state index contributed by atoms with van der Waals surface area (Å²) in [4.78, 5) is 8.29. The highest BCUT2D eigenvalue weighted by atomic mass is 19.3. The summed E-state index contributed by atoms with van der Waals surface area (Å²) >= 11 is 0. The first-order chi connectivity index (χ1) is 8.14. The van der Waals surface area contributed by atoms with Gasteiger partial charge in [0.15, 0.2) is 0 Å². The van der Waals surface area contributed by atoms with Crippen molar-refractivity contribution in [3.63, 3.8) is 0 Å². The van der Waals surface area contributed by atoms with Crippen LogP contribution in [0.2, 0.25) is 0 Å². The summed E-state index contributed by atoms with van der Waals surface area (Å²) in [5, 5.41) is 0. The van der Waals surface area contributed by atoms with Gasteiger partial charge in [0.05, 0.1) is 12.3 Å². The summed E-state index contributed by atoms with van der Waals surface area (Å²) in [7, 11) is 0. The van der Waals surface area contributed by atoms with Crippen molar-refractivity contribution >= 4 is 0 Å². The molecular weight excluding hydrogens is 226 g/mol. The first-order valence-corrected chi connectivity index (χ1v) is 5.97. The van der Waals surface area contributed by atoms with Gasteiger partial charge in [-0.05, 0) is 19.3 Å². The van der Waals surface area contributed by atoms with E-state index in [0.717, 1.165) is 30.5 Å². The van der Waals surface area contributed by atoms with Crippen LogP contribution in [0.3, 0.4) is 0 Å².